The number of carbonyl (C=O) groups excluding carboxylic acids is 2. The van der Waals surface area contributed by atoms with Gasteiger partial charge in [-0.3, -0.25) is 9.59 Å². The van der Waals surface area contributed by atoms with E-state index in [4.69, 9.17) is 0 Å². The number of amides is 2. The highest BCUT2D eigenvalue weighted by Crippen LogP contribution is 2.25. The zero-order valence-electron chi connectivity index (χ0n) is 18.8. The molecule has 1 aromatic carbocycles. The maximum atomic E-state index is 12.6. The Hall–Kier alpha value is -2.61. The predicted molar refractivity (Wildman–Crippen MR) is 128 cm³/mol. The first-order valence-electron chi connectivity index (χ1n) is 11.4. The molecule has 32 heavy (non-hydrogen) atoms. The second-order valence-corrected chi connectivity index (χ2v) is 9.73. The molecule has 2 fully saturated rings. The van der Waals surface area contributed by atoms with Crippen LogP contribution < -0.4 is 10.2 Å². The molecule has 0 bridgehead atoms. The highest BCUT2D eigenvalue weighted by Gasteiger charge is 2.30. The number of carbonyl (C=O) groups is 2. The van der Waals surface area contributed by atoms with Crippen LogP contribution in [0.2, 0.25) is 0 Å². The third-order valence-electron chi connectivity index (χ3n) is 6.07. The summed E-state index contributed by atoms with van der Waals surface area (Å²) in [5.74, 6) is 1.53. The lowest BCUT2D eigenvalue weighted by Crippen LogP contribution is -2.42. The quantitative estimate of drug-likeness (QED) is 0.673. The maximum absolute atomic E-state index is 12.6. The van der Waals surface area contributed by atoms with Crippen LogP contribution in [0.5, 0.6) is 0 Å². The minimum Gasteiger partial charge on any atom is -0.355 e. The minimum atomic E-state index is -0.0596. The van der Waals surface area contributed by atoms with Gasteiger partial charge in [-0.1, -0.05) is 17.8 Å². The molecule has 2 saturated heterocycles. The summed E-state index contributed by atoms with van der Waals surface area (Å²) >= 11 is 1.38. The van der Waals surface area contributed by atoms with Crippen molar-refractivity contribution in [3.05, 3.63) is 41.5 Å². The molecule has 0 saturated carbocycles. The Balaban J connectivity index is 1.23. The van der Waals surface area contributed by atoms with Crippen molar-refractivity contribution < 1.29 is 9.59 Å². The first-order chi connectivity index (χ1) is 15.5. The lowest BCUT2D eigenvalue weighted by atomic mass is 9.95. The van der Waals surface area contributed by atoms with Crippen LogP contribution in [0.1, 0.15) is 36.8 Å². The van der Waals surface area contributed by atoms with Crippen molar-refractivity contribution in [2.45, 2.75) is 44.6 Å². The molecule has 170 valence electrons. The van der Waals surface area contributed by atoms with Crippen LogP contribution in [-0.4, -0.2) is 58.8 Å². The Morgan fingerprint density at radius 3 is 2.31 bits per heavy atom. The summed E-state index contributed by atoms with van der Waals surface area (Å²) in [5, 5.41) is 12.3. The molecule has 0 atom stereocenters. The molecule has 1 N–H and O–H groups in total. The summed E-state index contributed by atoms with van der Waals surface area (Å²) in [6.07, 6.45) is 4.01. The normalized spacial score (nSPS) is 16.9. The van der Waals surface area contributed by atoms with E-state index in [1.807, 2.05) is 43.0 Å². The van der Waals surface area contributed by atoms with E-state index in [-0.39, 0.29) is 17.6 Å². The molecule has 0 aliphatic carbocycles. The van der Waals surface area contributed by atoms with Crippen LogP contribution in [0.4, 0.5) is 11.5 Å². The highest BCUT2D eigenvalue weighted by molar-refractivity contribution is 7.99. The number of hydrogen-bond acceptors (Lipinski definition) is 6. The van der Waals surface area contributed by atoms with E-state index >= 15 is 0 Å². The van der Waals surface area contributed by atoms with E-state index in [2.05, 4.69) is 26.5 Å². The number of hydrogen-bond donors (Lipinski definition) is 1. The second kappa shape index (κ2) is 10.3. The standard InChI is InChI=1S/C24H31N5O2S/c1-17-13-18(2)15-20(14-17)25-22(30)16-32-23-6-5-21(26-27-23)28-11-7-19(8-12-28)24(31)29-9-3-4-10-29/h5-6,13-15,19H,3-4,7-12,16H2,1-2H3,(H,25,30). The van der Waals surface area contributed by atoms with Crippen LogP contribution in [0, 0.1) is 19.8 Å². The van der Waals surface area contributed by atoms with Crippen molar-refractivity contribution in [3.63, 3.8) is 0 Å². The van der Waals surface area contributed by atoms with Gasteiger partial charge in [0.25, 0.3) is 0 Å². The number of nitrogens with one attached hydrogen (secondary N) is 1. The van der Waals surface area contributed by atoms with E-state index in [9.17, 15) is 9.59 Å². The van der Waals surface area contributed by atoms with Crippen LogP contribution >= 0.6 is 11.8 Å². The van der Waals surface area contributed by atoms with Gasteiger partial charge in [0, 0.05) is 37.8 Å². The monoisotopic (exact) mass is 453 g/mol. The average molecular weight is 454 g/mol. The molecule has 8 heteroatoms. The van der Waals surface area contributed by atoms with Gasteiger partial charge in [0.05, 0.1) is 5.75 Å². The van der Waals surface area contributed by atoms with E-state index in [1.165, 1.54) is 11.8 Å². The number of piperidine rings is 1. The summed E-state index contributed by atoms with van der Waals surface area (Å²) < 4.78 is 0. The fourth-order valence-corrected chi connectivity index (χ4v) is 5.11. The molecule has 0 spiro atoms. The SMILES string of the molecule is Cc1cc(C)cc(NC(=O)CSc2ccc(N3CCC(C(=O)N4CCCC4)CC3)nn2)c1. The number of anilines is 2. The lowest BCUT2D eigenvalue weighted by molar-refractivity contribution is -0.135. The minimum absolute atomic E-state index is 0.0596. The molecule has 3 heterocycles. The number of benzene rings is 1. The van der Waals surface area contributed by atoms with E-state index < -0.39 is 0 Å². The van der Waals surface area contributed by atoms with Gasteiger partial charge in [-0.25, -0.2) is 0 Å². The molecule has 2 aliphatic rings. The third-order valence-corrected chi connectivity index (χ3v) is 6.99. The predicted octanol–water partition coefficient (Wildman–Crippen LogP) is 3.66. The van der Waals surface area contributed by atoms with Gasteiger partial charge in [0.2, 0.25) is 11.8 Å². The molecule has 1 aromatic heterocycles. The summed E-state index contributed by atoms with van der Waals surface area (Å²) in [7, 11) is 0. The zero-order valence-corrected chi connectivity index (χ0v) is 19.7. The summed E-state index contributed by atoms with van der Waals surface area (Å²) in [4.78, 5) is 29.1. The molecule has 4 rings (SSSR count). The molecular formula is C24H31N5O2S. The Kier molecular flexibility index (Phi) is 7.29. The average Bonchev–Trinajstić information content (AvgIpc) is 3.32. The van der Waals surface area contributed by atoms with Crippen LogP contribution in [-0.2, 0) is 9.59 Å². The Bertz CT molecular complexity index is 931. The molecule has 7 nitrogen and oxygen atoms in total. The fourth-order valence-electron chi connectivity index (χ4n) is 4.49. The van der Waals surface area contributed by atoms with Gasteiger partial charge in [-0.15, -0.1) is 10.2 Å². The summed E-state index contributed by atoms with van der Waals surface area (Å²) in [6, 6.07) is 9.88. The van der Waals surface area contributed by atoms with Crippen molar-refractivity contribution in [3.8, 4) is 0 Å². The number of aryl methyl sites for hydroxylation is 2. The van der Waals surface area contributed by atoms with Gasteiger partial charge >= 0.3 is 0 Å². The van der Waals surface area contributed by atoms with Crippen molar-refractivity contribution in [2.75, 3.05) is 42.1 Å². The number of nitrogens with zero attached hydrogens (tertiary/aromatic N) is 4. The number of likely N-dealkylation sites (tertiary alicyclic amines) is 1. The molecule has 0 unspecified atom stereocenters. The molecule has 2 aliphatic heterocycles. The van der Waals surface area contributed by atoms with E-state index in [0.717, 1.165) is 79.5 Å². The first kappa shape index (κ1) is 22.6. The van der Waals surface area contributed by atoms with Gasteiger partial charge in [0.15, 0.2) is 5.82 Å². The van der Waals surface area contributed by atoms with Crippen molar-refractivity contribution in [2.24, 2.45) is 5.92 Å². The Morgan fingerprint density at radius 1 is 1.00 bits per heavy atom. The Labute approximate surface area is 194 Å². The van der Waals surface area contributed by atoms with Gasteiger partial charge in [-0.05, 0) is 74.9 Å². The smallest absolute Gasteiger partial charge is 0.234 e. The largest absolute Gasteiger partial charge is 0.355 e. The maximum Gasteiger partial charge on any atom is 0.234 e. The fraction of sp³-hybridized carbons (Fsp3) is 0.500. The van der Waals surface area contributed by atoms with Gasteiger partial charge in [0.1, 0.15) is 5.03 Å². The topological polar surface area (TPSA) is 78.4 Å². The van der Waals surface area contributed by atoms with E-state index in [1.54, 1.807) is 0 Å². The van der Waals surface area contributed by atoms with Crippen molar-refractivity contribution >= 4 is 35.1 Å². The molecule has 0 radical (unpaired) electrons. The first-order valence-corrected chi connectivity index (χ1v) is 12.3. The summed E-state index contributed by atoms with van der Waals surface area (Å²) in [5.41, 5.74) is 3.07. The van der Waals surface area contributed by atoms with Crippen molar-refractivity contribution in [1.29, 1.82) is 0 Å². The van der Waals surface area contributed by atoms with E-state index in [0.29, 0.717) is 5.91 Å². The Morgan fingerprint density at radius 2 is 1.69 bits per heavy atom. The lowest BCUT2D eigenvalue weighted by Gasteiger charge is -2.33. The highest BCUT2D eigenvalue weighted by atomic mass is 32.2. The van der Waals surface area contributed by atoms with Crippen molar-refractivity contribution in [1.82, 2.24) is 15.1 Å². The zero-order chi connectivity index (χ0) is 22.5. The van der Waals surface area contributed by atoms with Crippen LogP contribution in [0.3, 0.4) is 0 Å². The van der Waals surface area contributed by atoms with Gasteiger partial charge in [-0.2, -0.15) is 0 Å². The molecule has 2 aromatic rings. The summed E-state index contributed by atoms with van der Waals surface area (Å²) in [6.45, 7) is 7.52. The number of rotatable bonds is 6. The molecular weight excluding hydrogens is 422 g/mol. The third kappa shape index (κ3) is 5.79. The molecule has 2 amide bonds. The van der Waals surface area contributed by atoms with Crippen LogP contribution in [0.25, 0.3) is 0 Å². The number of aromatic nitrogens is 2. The second-order valence-electron chi connectivity index (χ2n) is 8.74. The number of thioether (sulfide) groups is 1. The van der Waals surface area contributed by atoms with Gasteiger partial charge < -0.3 is 15.1 Å². The van der Waals surface area contributed by atoms with Crippen LogP contribution in [0.15, 0.2) is 35.4 Å².